The van der Waals surface area contributed by atoms with Crippen molar-refractivity contribution in [3.05, 3.63) is 36.0 Å². The number of aliphatic hydroxyl groups is 1. The molecule has 190 valence electrons. The van der Waals surface area contributed by atoms with E-state index in [0.717, 1.165) is 26.2 Å². The molecule has 3 rings (SSSR count). The lowest BCUT2D eigenvalue weighted by atomic mass is 9.73. The van der Waals surface area contributed by atoms with E-state index >= 15 is 0 Å². The molecule has 2 aliphatic rings. The number of aromatic nitrogens is 1. The number of ether oxygens (including phenoxy) is 2. The van der Waals surface area contributed by atoms with E-state index in [1.165, 1.54) is 13.3 Å². The second-order valence-electron chi connectivity index (χ2n) is 9.39. The molecule has 4 atom stereocenters. The van der Waals surface area contributed by atoms with Gasteiger partial charge in [-0.2, -0.15) is 13.2 Å². The number of carbonyl (C=O) groups excluding carboxylic acids is 1. The maximum Gasteiger partial charge on any atom is 0.391 e. The highest BCUT2D eigenvalue weighted by Crippen LogP contribution is 2.48. The zero-order chi connectivity index (χ0) is 24.9. The van der Waals surface area contributed by atoms with Gasteiger partial charge in [-0.3, -0.25) is 4.79 Å². The summed E-state index contributed by atoms with van der Waals surface area (Å²) in [6.07, 6.45) is 1.52. The summed E-state index contributed by atoms with van der Waals surface area (Å²) in [6, 6.07) is 0.926. The number of methoxy groups -OCH3 is 1. The quantitative estimate of drug-likeness (QED) is 0.417. The van der Waals surface area contributed by atoms with Crippen LogP contribution in [0.5, 0.6) is 5.88 Å². The van der Waals surface area contributed by atoms with Gasteiger partial charge in [0, 0.05) is 37.9 Å². The third-order valence-electron chi connectivity index (χ3n) is 6.65. The van der Waals surface area contributed by atoms with E-state index in [4.69, 9.17) is 9.47 Å². The average Bonchev–Trinajstić information content (AvgIpc) is 2.75. The lowest BCUT2D eigenvalue weighted by Gasteiger charge is -2.47. The van der Waals surface area contributed by atoms with Crippen molar-refractivity contribution in [2.24, 2.45) is 5.92 Å². The Morgan fingerprint density at radius 1 is 1.47 bits per heavy atom. The maximum atomic E-state index is 13.1. The monoisotopic (exact) mass is 485 g/mol. The SMILES string of the molecule is C=CC[C@H](NC(=O)COC)[C@H](O)CN[C@H]1CC2(CCC2)Oc2ncc(C[C@H](C)C(F)(F)F)cc21. The Hall–Kier alpha value is -2.17. The van der Waals surface area contributed by atoms with Gasteiger partial charge in [-0.05, 0) is 43.7 Å². The lowest BCUT2D eigenvalue weighted by molar-refractivity contribution is -0.169. The molecule has 1 spiro atoms. The van der Waals surface area contributed by atoms with Crippen LogP contribution in [0.25, 0.3) is 0 Å². The second-order valence-corrected chi connectivity index (χ2v) is 9.39. The minimum atomic E-state index is -4.28. The Labute approximate surface area is 198 Å². The number of alkyl halides is 3. The van der Waals surface area contributed by atoms with E-state index in [0.29, 0.717) is 29.8 Å². The van der Waals surface area contributed by atoms with Gasteiger partial charge in [0.2, 0.25) is 11.8 Å². The fraction of sp³-hybridized carbons (Fsp3) is 0.667. The molecule has 0 unspecified atom stereocenters. The van der Waals surface area contributed by atoms with E-state index in [2.05, 4.69) is 22.2 Å². The smallest absolute Gasteiger partial charge is 0.391 e. The highest BCUT2D eigenvalue weighted by molar-refractivity contribution is 5.77. The zero-order valence-corrected chi connectivity index (χ0v) is 19.7. The van der Waals surface area contributed by atoms with E-state index in [-0.39, 0.29) is 37.1 Å². The normalized spacial score (nSPS) is 21.5. The van der Waals surface area contributed by atoms with Gasteiger partial charge in [0.25, 0.3) is 0 Å². The summed E-state index contributed by atoms with van der Waals surface area (Å²) in [5.41, 5.74) is 0.845. The van der Waals surface area contributed by atoms with Crippen LogP contribution in [-0.4, -0.2) is 60.2 Å². The number of halogens is 3. The van der Waals surface area contributed by atoms with Crippen molar-refractivity contribution in [2.45, 2.75) is 75.4 Å². The number of aliphatic hydroxyl groups excluding tert-OH is 1. The number of fused-ring (bicyclic) bond motifs is 1. The lowest BCUT2D eigenvalue weighted by Crippen LogP contribution is -2.52. The highest BCUT2D eigenvalue weighted by Gasteiger charge is 2.46. The number of nitrogens with one attached hydrogen (secondary N) is 2. The minimum absolute atomic E-state index is 0.117. The first-order valence-corrected chi connectivity index (χ1v) is 11.6. The first-order valence-electron chi connectivity index (χ1n) is 11.6. The summed E-state index contributed by atoms with van der Waals surface area (Å²) >= 11 is 0. The summed E-state index contributed by atoms with van der Waals surface area (Å²) in [5, 5.41) is 16.8. The highest BCUT2D eigenvalue weighted by atomic mass is 19.4. The summed E-state index contributed by atoms with van der Waals surface area (Å²) < 4.78 is 50.2. The molecular weight excluding hydrogens is 451 g/mol. The molecule has 1 aliphatic heterocycles. The minimum Gasteiger partial charge on any atom is -0.471 e. The van der Waals surface area contributed by atoms with E-state index in [1.807, 2.05) is 0 Å². The zero-order valence-electron chi connectivity index (χ0n) is 19.7. The number of pyridine rings is 1. The Morgan fingerprint density at radius 3 is 2.79 bits per heavy atom. The number of rotatable bonds is 11. The predicted molar refractivity (Wildman–Crippen MR) is 120 cm³/mol. The van der Waals surface area contributed by atoms with Gasteiger partial charge >= 0.3 is 6.18 Å². The summed E-state index contributed by atoms with van der Waals surface area (Å²) in [4.78, 5) is 16.3. The molecule has 1 amide bonds. The molecule has 1 aromatic heterocycles. The first-order chi connectivity index (χ1) is 16.1. The van der Waals surface area contributed by atoms with Crippen molar-refractivity contribution in [3.8, 4) is 5.88 Å². The fourth-order valence-electron chi connectivity index (χ4n) is 4.50. The van der Waals surface area contributed by atoms with Crippen molar-refractivity contribution >= 4 is 5.91 Å². The largest absolute Gasteiger partial charge is 0.471 e. The Bertz CT molecular complexity index is 860. The number of carbonyl (C=O) groups is 1. The van der Waals surface area contributed by atoms with Crippen LogP contribution in [0.15, 0.2) is 24.9 Å². The number of hydrogen-bond donors (Lipinski definition) is 3. The molecule has 0 bridgehead atoms. The van der Waals surface area contributed by atoms with Crippen LogP contribution >= 0.6 is 0 Å². The number of nitrogens with zero attached hydrogens (tertiary/aromatic N) is 1. The molecule has 10 heteroatoms. The molecule has 7 nitrogen and oxygen atoms in total. The van der Waals surface area contributed by atoms with Gasteiger partial charge in [0.1, 0.15) is 12.2 Å². The Balaban J connectivity index is 1.74. The van der Waals surface area contributed by atoms with Crippen molar-refractivity contribution in [1.82, 2.24) is 15.6 Å². The standard InChI is InChI=1S/C24H34F3N3O4/c1-4-6-18(30-21(32)14-33-3)20(31)13-28-19-11-23(7-5-8-23)34-22-17(19)10-16(12-29-22)9-15(2)24(25,26)27/h4,10,12,15,18-20,28,31H,1,5-9,11,13-14H2,2-3H3,(H,30,32)/t15-,18-,19-,20+/m0/s1. The molecule has 3 N–H and O–H groups in total. The molecule has 34 heavy (non-hydrogen) atoms. The van der Waals surface area contributed by atoms with Gasteiger partial charge in [0.15, 0.2) is 0 Å². The van der Waals surface area contributed by atoms with E-state index in [9.17, 15) is 23.1 Å². The first kappa shape index (κ1) is 26.4. The van der Waals surface area contributed by atoms with Crippen molar-refractivity contribution in [2.75, 3.05) is 20.3 Å². The number of amides is 1. The molecular formula is C24H34F3N3O4. The van der Waals surface area contributed by atoms with Crippen LogP contribution in [-0.2, 0) is 16.0 Å². The molecule has 2 heterocycles. The molecule has 0 saturated heterocycles. The third-order valence-corrected chi connectivity index (χ3v) is 6.65. The van der Waals surface area contributed by atoms with Crippen molar-refractivity contribution in [3.63, 3.8) is 0 Å². The second kappa shape index (κ2) is 11.0. The third kappa shape index (κ3) is 6.49. The van der Waals surface area contributed by atoms with E-state index < -0.39 is 24.2 Å². The summed E-state index contributed by atoms with van der Waals surface area (Å²) in [6.45, 7) is 4.89. The maximum absolute atomic E-state index is 13.1. The Kier molecular flexibility index (Phi) is 8.59. The predicted octanol–water partition coefficient (Wildman–Crippen LogP) is 3.23. The topological polar surface area (TPSA) is 92.7 Å². The van der Waals surface area contributed by atoms with Crippen LogP contribution in [0.1, 0.15) is 56.2 Å². The van der Waals surface area contributed by atoms with Gasteiger partial charge < -0.3 is 25.2 Å². The summed E-state index contributed by atoms with van der Waals surface area (Å²) in [5.74, 6) is -1.40. The van der Waals surface area contributed by atoms with Crippen LogP contribution in [0.4, 0.5) is 13.2 Å². The van der Waals surface area contributed by atoms with Gasteiger partial charge in [0.05, 0.1) is 18.1 Å². The molecule has 1 saturated carbocycles. The van der Waals surface area contributed by atoms with Gasteiger partial charge in [-0.25, -0.2) is 4.98 Å². The fourth-order valence-corrected chi connectivity index (χ4v) is 4.50. The average molecular weight is 486 g/mol. The number of hydrogen-bond acceptors (Lipinski definition) is 6. The van der Waals surface area contributed by atoms with Gasteiger partial charge in [-0.15, -0.1) is 6.58 Å². The van der Waals surface area contributed by atoms with Crippen molar-refractivity contribution in [1.29, 1.82) is 0 Å². The molecule has 0 radical (unpaired) electrons. The Morgan fingerprint density at radius 2 is 2.21 bits per heavy atom. The molecule has 0 aromatic carbocycles. The molecule has 1 aromatic rings. The molecule has 1 aliphatic carbocycles. The van der Waals surface area contributed by atoms with Crippen LogP contribution < -0.4 is 15.4 Å². The summed E-state index contributed by atoms with van der Waals surface area (Å²) in [7, 11) is 1.41. The van der Waals surface area contributed by atoms with Crippen LogP contribution in [0, 0.1) is 5.92 Å². The van der Waals surface area contributed by atoms with E-state index in [1.54, 1.807) is 12.1 Å². The van der Waals surface area contributed by atoms with Crippen LogP contribution in [0.3, 0.4) is 0 Å². The van der Waals surface area contributed by atoms with Gasteiger partial charge in [-0.1, -0.05) is 13.0 Å². The van der Waals surface area contributed by atoms with Crippen molar-refractivity contribution < 1.29 is 32.5 Å². The molecule has 1 fully saturated rings. The van der Waals surface area contributed by atoms with Crippen LogP contribution in [0.2, 0.25) is 0 Å².